The van der Waals surface area contributed by atoms with E-state index in [-0.39, 0.29) is 12.0 Å². The van der Waals surface area contributed by atoms with E-state index < -0.39 is 6.10 Å². The molecule has 0 radical (unpaired) electrons. The van der Waals surface area contributed by atoms with Crippen LogP contribution in [0.15, 0.2) is 42.5 Å². The molecule has 1 amide bonds. The van der Waals surface area contributed by atoms with Gasteiger partial charge in [0.1, 0.15) is 11.9 Å². The van der Waals surface area contributed by atoms with Gasteiger partial charge in [0.2, 0.25) is 0 Å². The monoisotopic (exact) mass is 362 g/mol. The highest BCUT2D eigenvalue weighted by atomic mass is 16.5. The number of amides is 1. The van der Waals surface area contributed by atoms with Crippen LogP contribution in [0, 0.1) is 11.3 Å². The zero-order valence-electron chi connectivity index (χ0n) is 15.1. The standard InChI is InChI=1S/C22H22N2O3/c23-12-15-8-10-16(11-9-15)13-24-14-17-4-3-7-20(21(17)22(24)26)27-19-6-2-1-5-18(19)25/h3-4,7-11,18-19,25H,1-2,5-6,13-14H2. The van der Waals surface area contributed by atoms with Crippen molar-refractivity contribution in [3.63, 3.8) is 0 Å². The number of aliphatic hydroxyl groups excluding tert-OH is 1. The summed E-state index contributed by atoms with van der Waals surface area (Å²) in [4.78, 5) is 14.8. The van der Waals surface area contributed by atoms with E-state index in [1.165, 1.54) is 0 Å². The minimum absolute atomic E-state index is 0.0461. The Bertz CT molecular complexity index is 885. The highest BCUT2D eigenvalue weighted by Gasteiger charge is 2.33. The molecule has 1 heterocycles. The molecule has 5 nitrogen and oxygen atoms in total. The third kappa shape index (κ3) is 3.54. The van der Waals surface area contributed by atoms with Crippen molar-refractivity contribution >= 4 is 5.91 Å². The lowest BCUT2D eigenvalue weighted by molar-refractivity contribution is 0.00636. The molecule has 2 aromatic rings. The van der Waals surface area contributed by atoms with Crippen molar-refractivity contribution in [2.45, 2.75) is 51.0 Å². The molecular weight excluding hydrogens is 340 g/mol. The van der Waals surface area contributed by atoms with Gasteiger partial charge < -0.3 is 14.7 Å². The Morgan fingerprint density at radius 1 is 1.15 bits per heavy atom. The van der Waals surface area contributed by atoms with Crippen LogP contribution in [0.1, 0.15) is 52.7 Å². The number of benzene rings is 2. The molecule has 0 saturated heterocycles. The van der Waals surface area contributed by atoms with Gasteiger partial charge in [0.15, 0.2) is 0 Å². The second-order valence-electron chi connectivity index (χ2n) is 7.27. The molecule has 0 aromatic heterocycles. The summed E-state index contributed by atoms with van der Waals surface area (Å²) in [5.41, 5.74) is 3.16. The number of hydrogen-bond acceptors (Lipinski definition) is 4. The van der Waals surface area contributed by atoms with E-state index in [2.05, 4.69) is 6.07 Å². The molecule has 4 rings (SSSR count). The van der Waals surface area contributed by atoms with Gasteiger partial charge in [-0.25, -0.2) is 0 Å². The fourth-order valence-corrected chi connectivity index (χ4v) is 3.90. The summed E-state index contributed by atoms with van der Waals surface area (Å²) in [6.45, 7) is 1.03. The van der Waals surface area contributed by atoms with Crippen LogP contribution < -0.4 is 4.74 Å². The van der Waals surface area contributed by atoms with Crippen LogP contribution >= 0.6 is 0 Å². The number of fused-ring (bicyclic) bond motifs is 1. The molecular formula is C22H22N2O3. The van der Waals surface area contributed by atoms with Crippen LogP contribution in [0.2, 0.25) is 0 Å². The molecule has 5 heteroatoms. The zero-order valence-corrected chi connectivity index (χ0v) is 15.1. The van der Waals surface area contributed by atoms with Gasteiger partial charge in [0.05, 0.1) is 23.3 Å². The maximum atomic E-state index is 13.0. The molecule has 2 unspecified atom stereocenters. The number of hydrogen-bond donors (Lipinski definition) is 1. The maximum absolute atomic E-state index is 13.0. The quantitative estimate of drug-likeness (QED) is 0.905. The van der Waals surface area contributed by atoms with E-state index in [9.17, 15) is 9.90 Å². The van der Waals surface area contributed by atoms with Crippen molar-refractivity contribution in [2.75, 3.05) is 0 Å². The van der Waals surface area contributed by atoms with Crippen molar-refractivity contribution in [3.05, 3.63) is 64.7 Å². The van der Waals surface area contributed by atoms with Gasteiger partial charge in [-0.1, -0.05) is 30.7 Å². The van der Waals surface area contributed by atoms with Crippen molar-refractivity contribution in [1.29, 1.82) is 5.26 Å². The molecule has 138 valence electrons. The molecule has 0 bridgehead atoms. The van der Waals surface area contributed by atoms with E-state index in [0.717, 1.165) is 36.8 Å². The molecule has 1 fully saturated rings. The van der Waals surface area contributed by atoms with Gasteiger partial charge in [0, 0.05) is 13.1 Å². The van der Waals surface area contributed by atoms with E-state index in [1.807, 2.05) is 30.3 Å². The van der Waals surface area contributed by atoms with Crippen molar-refractivity contribution in [3.8, 4) is 11.8 Å². The molecule has 1 saturated carbocycles. The molecule has 2 aromatic carbocycles. The minimum atomic E-state index is -0.471. The second-order valence-corrected chi connectivity index (χ2v) is 7.27. The fourth-order valence-electron chi connectivity index (χ4n) is 3.90. The van der Waals surface area contributed by atoms with Crippen LogP contribution in [-0.4, -0.2) is 28.1 Å². The highest BCUT2D eigenvalue weighted by Crippen LogP contribution is 2.34. The molecule has 1 N–H and O–H groups in total. The van der Waals surface area contributed by atoms with Gasteiger partial charge in [-0.3, -0.25) is 4.79 Å². The smallest absolute Gasteiger partial charge is 0.258 e. The first kappa shape index (κ1) is 17.6. The number of nitrogens with zero attached hydrogens (tertiary/aromatic N) is 2. The van der Waals surface area contributed by atoms with Gasteiger partial charge in [-0.2, -0.15) is 5.26 Å². The highest BCUT2D eigenvalue weighted by molar-refractivity contribution is 6.01. The van der Waals surface area contributed by atoms with Crippen molar-refractivity contribution < 1.29 is 14.6 Å². The van der Waals surface area contributed by atoms with Crippen LogP contribution in [0.4, 0.5) is 0 Å². The maximum Gasteiger partial charge on any atom is 0.258 e. The number of aliphatic hydroxyl groups is 1. The third-order valence-electron chi connectivity index (χ3n) is 5.38. The number of nitriles is 1. The zero-order chi connectivity index (χ0) is 18.8. The molecule has 1 aliphatic carbocycles. The normalized spacial score (nSPS) is 21.6. The summed E-state index contributed by atoms with van der Waals surface area (Å²) in [6.07, 6.45) is 2.90. The Morgan fingerprint density at radius 3 is 2.67 bits per heavy atom. The molecule has 1 aliphatic heterocycles. The van der Waals surface area contributed by atoms with Crippen LogP contribution in [0.25, 0.3) is 0 Å². The van der Waals surface area contributed by atoms with E-state index >= 15 is 0 Å². The average Bonchev–Trinajstić information content (AvgIpc) is 3.01. The summed E-state index contributed by atoms with van der Waals surface area (Å²) in [5, 5.41) is 19.1. The van der Waals surface area contributed by atoms with Gasteiger partial charge in [-0.15, -0.1) is 0 Å². The largest absolute Gasteiger partial charge is 0.487 e. The summed E-state index contributed by atoms with van der Waals surface area (Å²) < 4.78 is 6.08. The van der Waals surface area contributed by atoms with Crippen molar-refractivity contribution in [2.24, 2.45) is 0 Å². The molecule has 0 spiro atoms. The summed E-state index contributed by atoms with van der Waals surface area (Å²) >= 11 is 0. The van der Waals surface area contributed by atoms with Gasteiger partial charge in [-0.05, 0) is 48.6 Å². The van der Waals surface area contributed by atoms with Crippen LogP contribution in [0.3, 0.4) is 0 Å². The number of ether oxygens (including phenoxy) is 1. The topological polar surface area (TPSA) is 73.6 Å². The first-order chi connectivity index (χ1) is 13.2. The third-order valence-corrected chi connectivity index (χ3v) is 5.38. The Balaban J connectivity index is 1.52. The second kappa shape index (κ2) is 7.42. The summed E-state index contributed by atoms with van der Waals surface area (Å²) in [6, 6.07) is 15.1. The summed E-state index contributed by atoms with van der Waals surface area (Å²) in [5.74, 6) is 0.529. The Hall–Kier alpha value is -2.84. The van der Waals surface area contributed by atoms with E-state index in [1.54, 1.807) is 17.0 Å². The minimum Gasteiger partial charge on any atom is -0.487 e. The lowest BCUT2D eigenvalue weighted by Crippen LogP contribution is -2.35. The van der Waals surface area contributed by atoms with Gasteiger partial charge in [0.25, 0.3) is 5.91 Å². The number of carbonyl (C=O) groups is 1. The lowest BCUT2D eigenvalue weighted by atomic mass is 9.94. The Labute approximate surface area is 158 Å². The van der Waals surface area contributed by atoms with E-state index in [4.69, 9.17) is 10.00 Å². The molecule has 2 atom stereocenters. The Kier molecular flexibility index (Phi) is 4.83. The van der Waals surface area contributed by atoms with Gasteiger partial charge >= 0.3 is 0 Å². The SMILES string of the molecule is N#Cc1ccc(CN2Cc3cccc(OC4CCCCC4O)c3C2=O)cc1. The van der Waals surface area contributed by atoms with Crippen LogP contribution in [-0.2, 0) is 13.1 Å². The predicted molar refractivity (Wildman–Crippen MR) is 100 cm³/mol. The first-order valence-corrected chi connectivity index (χ1v) is 9.40. The molecule has 27 heavy (non-hydrogen) atoms. The average molecular weight is 362 g/mol. The summed E-state index contributed by atoms with van der Waals surface area (Å²) in [7, 11) is 0. The Morgan fingerprint density at radius 2 is 1.93 bits per heavy atom. The number of rotatable bonds is 4. The van der Waals surface area contributed by atoms with Crippen LogP contribution in [0.5, 0.6) is 5.75 Å². The fraction of sp³-hybridized carbons (Fsp3) is 0.364. The molecule has 2 aliphatic rings. The first-order valence-electron chi connectivity index (χ1n) is 9.40. The lowest BCUT2D eigenvalue weighted by Gasteiger charge is -2.28. The van der Waals surface area contributed by atoms with Crippen molar-refractivity contribution in [1.82, 2.24) is 4.90 Å². The number of carbonyl (C=O) groups excluding carboxylic acids is 1. The predicted octanol–water partition coefficient (Wildman–Crippen LogP) is 3.40. The van der Waals surface area contributed by atoms with E-state index in [0.29, 0.717) is 30.0 Å².